The van der Waals surface area contributed by atoms with Gasteiger partial charge in [0, 0.05) is 6.54 Å². The second-order valence-electron chi connectivity index (χ2n) is 3.11. The highest BCUT2D eigenvalue weighted by atomic mass is 16.3. The van der Waals surface area contributed by atoms with Gasteiger partial charge in [-0.05, 0) is 5.92 Å². The molecule has 0 radical (unpaired) electrons. The van der Waals surface area contributed by atoms with Gasteiger partial charge in [-0.25, -0.2) is 0 Å². The first-order valence-corrected chi connectivity index (χ1v) is 3.90. The monoisotopic (exact) mass is 168 g/mol. The summed E-state index contributed by atoms with van der Waals surface area (Å²) in [6.45, 7) is 5.13. The Morgan fingerprint density at radius 2 is 2.42 bits per heavy atom. The van der Waals surface area contributed by atoms with Crippen LogP contribution in [0.1, 0.15) is 19.5 Å². The molecule has 1 rings (SSSR count). The van der Waals surface area contributed by atoms with E-state index in [2.05, 4.69) is 29.3 Å². The molecule has 0 atom stereocenters. The third-order valence-electron chi connectivity index (χ3n) is 1.36. The summed E-state index contributed by atoms with van der Waals surface area (Å²) in [7, 11) is 0. The van der Waals surface area contributed by atoms with Crippen molar-refractivity contribution in [3.05, 3.63) is 16.8 Å². The van der Waals surface area contributed by atoms with Gasteiger partial charge in [0.2, 0.25) is 0 Å². The molecule has 1 aromatic heterocycles. The Morgan fingerprint density at radius 3 is 3.00 bits per heavy atom. The summed E-state index contributed by atoms with van der Waals surface area (Å²) in [5, 5.41) is 10.4. The molecule has 0 fully saturated rings. The molecule has 0 amide bonds. The second-order valence-corrected chi connectivity index (χ2v) is 3.11. The van der Waals surface area contributed by atoms with Gasteiger partial charge in [0.25, 0.3) is 0 Å². The average Bonchev–Trinajstić information content (AvgIpc) is 2.36. The fourth-order valence-electron chi connectivity index (χ4n) is 0.940. The van der Waals surface area contributed by atoms with Gasteiger partial charge in [0.1, 0.15) is 12.2 Å². The smallest absolute Gasteiger partial charge is 0.127 e. The SMILES string of the molecule is CC(C)Cn1cc(CN=O)nn1. The number of rotatable bonds is 4. The number of nitrogens with zero attached hydrogens (tertiary/aromatic N) is 4. The minimum Gasteiger partial charge on any atom is -0.252 e. The molecule has 12 heavy (non-hydrogen) atoms. The Balaban J connectivity index is 2.57. The maximum atomic E-state index is 9.88. The standard InChI is InChI=1S/C7H12N4O/c1-6(2)4-11-5-7(3-8-12)9-10-11/h5-6H,3-4H2,1-2H3. The minimum atomic E-state index is 0.109. The zero-order chi connectivity index (χ0) is 8.97. The Labute approximate surface area is 70.7 Å². The molecule has 5 nitrogen and oxygen atoms in total. The summed E-state index contributed by atoms with van der Waals surface area (Å²) in [5.41, 5.74) is 0.630. The van der Waals surface area contributed by atoms with E-state index in [1.807, 2.05) is 0 Å². The van der Waals surface area contributed by atoms with Crippen LogP contribution in [0.2, 0.25) is 0 Å². The summed E-state index contributed by atoms with van der Waals surface area (Å²) in [6.07, 6.45) is 1.75. The average molecular weight is 168 g/mol. The summed E-state index contributed by atoms with van der Waals surface area (Å²) < 4.78 is 1.73. The molecule has 0 bridgehead atoms. The lowest BCUT2D eigenvalue weighted by Gasteiger charge is -2.01. The highest BCUT2D eigenvalue weighted by Crippen LogP contribution is 1.99. The van der Waals surface area contributed by atoms with Crippen LogP contribution in [0.3, 0.4) is 0 Å². The molecule has 0 saturated carbocycles. The van der Waals surface area contributed by atoms with E-state index in [0.29, 0.717) is 11.6 Å². The van der Waals surface area contributed by atoms with Crippen molar-refractivity contribution in [2.75, 3.05) is 0 Å². The van der Waals surface area contributed by atoms with Gasteiger partial charge in [0.15, 0.2) is 0 Å². The Morgan fingerprint density at radius 1 is 1.67 bits per heavy atom. The Kier molecular flexibility index (Phi) is 2.90. The molecule has 0 saturated heterocycles. The number of hydrogen-bond donors (Lipinski definition) is 0. The molecule has 5 heteroatoms. The first-order chi connectivity index (χ1) is 5.72. The van der Waals surface area contributed by atoms with E-state index in [1.165, 1.54) is 0 Å². The van der Waals surface area contributed by atoms with Crippen molar-refractivity contribution < 1.29 is 0 Å². The topological polar surface area (TPSA) is 60.1 Å². The van der Waals surface area contributed by atoms with Crippen molar-refractivity contribution in [2.45, 2.75) is 26.9 Å². The van der Waals surface area contributed by atoms with Crippen molar-refractivity contribution in [1.82, 2.24) is 15.0 Å². The lowest BCUT2D eigenvalue weighted by atomic mass is 10.2. The van der Waals surface area contributed by atoms with E-state index < -0.39 is 0 Å². The van der Waals surface area contributed by atoms with Gasteiger partial charge in [-0.15, -0.1) is 5.10 Å². The normalized spacial score (nSPS) is 10.6. The predicted octanol–water partition coefficient (Wildman–Crippen LogP) is 1.20. The minimum absolute atomic E-state index is 0.109. The Hall–Kier alpha value is -1.26. The first kappa shape index (κ1) is 8.83. The third kappa shape index (κ3) is 2.41. The molecular weight excluding hydrogens is 156 g/mol. The van der Waals surface area contributed by atoms with E-state index in [4.69, 9.17) is 0 Å². The van der Waals surface area contributed by atoms with Crippen molar-refractivity contribution in [2.24, 2.45) is 11.1 Å². The highest BCUT2D eigenvalue weighted by Gasteiger charge is 2.01. The van der Waals surface area contributed by atoms with Gasteiger partial charge in [-0.1, -0.05) is 24.2 Å². The van der Waals surface area contributed by atoms with Gasteiger partial charge in [-0.3, -0.25) is 4.68 Å². The summed E-state index contributed by atoms with van der Waals surface area (Å²) in [4.78, 5) is 9.88. The summed E-state index contributed by atoms with van der Waals surface area (Å²) in [6, 6.07) is 0. The van der Waals surface area contributed by atoms with Crippen LogP contribution in [0.4, 0.5) is 0 Å². The molecule has 1 aromatic rings. The van der Waals surface area contributed by atoms with E-state index in [0.717, 1.165) is 6.54 Å². The maximum absolute atomic E-state index is 9.88. The van der Waals surface area contributed by atoms with E-state index in [9.17, 15) is 4.91 Å². The summed E-state index contributed by atoms with van der Waals surface area (Å²) >= 11 is 0. The van der Waals surface area contributed by atoms with Gasteiger partial charge < -0.3 is 0 Å². The van der Waals surface area contributed by atoms with Crippen molar-refractivity contribution >= 4 is 0 Å². The molecular formula is C7H12N4O. The van der Waals surface area contributed by atoms with E-state index >= 15 is 0 Å². The van der Waals surface area contributed by atoms with Crippen molar-refractivity contribution in [1.29, 1.82) is 0 Å². The van der Waals surface area contributed by atoms with Crippen LogP contribution in [0, 0.1) is 10.8 Å². The molecule has 0 aliphatic heterocycles. The molecule has 66 valence electrons. The fraction of sp³-hybridized carbons (Fsp3) is 0.714. The van der Waals surface area contributed by atoms with Gasteiger partial charge >= 0.3 is 0 Å². The first-order valence-electron chi connectivity index (χ1n) is 3.90. The van der Waals surface area contributed by atoms with Crippen molar-refractivity contribution in [3.63, 3.8) is 0 Å². The van der Waals surface area contributed by atoms with Crippen LogP contribution in [0.5, 0.6) is 0 Å². The zero-order valence-corrected chi connectivity index (χ0v) is 7.27. The molecule has 1 heterocycles. The number of nitroso groups, excluding NO2 is 1. The molecule has 0 spiro atoms. The lowest BCUT2D eigenvalue weighted by Crippen LogP contribution is -2.04. The quantitative estimate of drug-likeness (QED) is 0.634. The zero-order valence-electron chi connectivity index (χ0n) is 7.27. The molecule has 0 unspecified atom stereocenters. The van der Waals surface area contributed by atoms with Crippen LogP contribution in [-0.4, -0.2) is 15.0 Å². The number of hydrogen-bond acceptors (Lipinski definition) is 4. The van der Waals surface area contributed by atoms with Crippen LogP contribution in [-0.2, 0) is 13.1 Å². The third-order valence-corrected chi connectivity index (χ3v) is 1.36. The molecule has 0 N–H and O–H groups in total. The molecule has 0 aliphatic carbocycles. The largest absolute Gasteiger partial charge is 0.252 e. The maximum Gasteiger partial charge on any atom is 0.127 e. The second kappa shape index (κ2) is 3.94. The van der Waals surface area contributed by atoms with Crippen LogP contribution >= 0.6 is 0 Å². The highest BCUT2D eigenvalue weighted by molar-refractivity contribution is 4.91. The van der Waals surface area contributed by atoms with Crippen molar-refractivity contribution in [3.8, 4) is 0 Å². The Bertz CT molecular complexity index is 256. The molecule has 0 aliphatic rings. The lowest BCUT2D eigenvalue weighted by molar-refractivity contribution is 0.472. The van der Waals surface area contributed by atoms with Crippen LogP contribution < -0.4 is 0 Å². The van der Waals surface area contributed by atoms with E-state index in [-0.39, 0.29) is 6.54 Å². The predicted molar refractivity (Wildman–Crippen MR) is 44.4 cm³/mol. The van der Waals surface area contributed by atoms with Gasteiger partial charge in [-0.2, -0.15) is 4.91 Å². The fourth-order valence-corrected chi connectivity index (χ4v) is 0.940. The van der Waals surface area contributed by atoms with Crippen LogP contribution in [0.25, 0.3) is 0 Å². The summed E-state index contributed by atoms with van der Waals surface area (Å²) in [5.74, 6) is 0.531. The number of aromatic nitrogens is 3. The van der Waals surface area contributed by atoms with Crippen LogP contribution in [0.15, 0.2) is 11.4 Å². The van der Waals surface area contributed by atoms with E-state index in [1.54, 1.807) is 10.9 Å². The van der Waals surface area contributed by atoms with Gasteiger partial charge in [0.05, 0.1) is 6.20 Å². The molecule has 0 aromatic carbocycles.